The van der Waals surface area contributed by atoms with Crippen molar-refractivity contribution < 1.29 is 38.0 Å². The van der Waals surface area contributed by atoms with E-state index in [2.05, 4.69) is 26.1 Å². The highest BCUT2D eigenvalue weighted by Gasteiger charge is 2.28. The molecule has 0 saturated carbocycles. The lowest BCUT2D eigenvalue weighted by Crippen LogP contribution is -2.29. The van der Waals surface area contributed by atoms with Crippen LogP contribution in [0.1, 0.15) is 6.92 Å². The summed E-state index contributed by atoms with van der Waals surface area (Å²) in [6.45, 7) is 0.143. The molecule has 18 heavy (non-hydrogen) atoms. The van der Waals surface area contributed by atoms with Gasteiger partial charge in [-0.3, -0.25) is 4.89 Å². The summed E-state index contributed by atoms with van der Waals surface area (Å²) in [4.78, 5) is 30.6. The van der Waals surface area contributed by atoms with Crippen molar-refractivity contribution in [1.82, 2.24) is 5.48 Å². The van der Waals surface area contributed by atoms with E-state index in [1.807, 2.05) is 0 Å². The van der Waals surface area contributed by atoms with E-state index in [1.165, 1.54) is 0 Å². The van der Waals surface area contributed by atoms with Gasteiger partial charge in [-0.05, 0) is 19.1 Å². The minimum absolute atomic E-state index is 0.458. The van der Waals surface area contributed by atoms with E-state index < -0.39 is 37.6 Å². The highest BCUT2D eigenvalue weighted by atomic mass is 32.1. The van der Waals surface area contributed by atoms with E-state index >= 15 is 0 Å². The number of aliphatic hydroxyl groups is 1. The number of ether oxygens (including phenoxy) is 1. The molecule has 0 saturated heterocycles. The third-order valence-corrected chi connectivity index (χ3v) is 1.99. The quantitative estimate of drug-likeness (QED) is 0.192. The summed E-state index contributed by atoms with van der Waals surface area (Å²) in [6.07, 6.45) is -1.44. The number of aliphatic hydroxyl groups excluding tert-OH is 1. The molecule has 0 rings (SSSR count). The SMILES string of the molecule is CC(O)C(=O)OCC(=O)OP(=O)(O)ONC(N)=S. The minimum atomic E-state index is -4.77. The third-order valence-electron chi connectivity index (χ3n) is 1.15. The van der Waals surface area contributed by atoms with E-state index in [-0.39, 0.29) is 0 Å². The molecule has 0 aromatic heterocycles. The smallest absolute Gasteiger partial charge is 0.452 e. The van der Waals surface area contributed by atoms with Gasteiger partial charge in [0.15, 0.2) is 11.7 Å². The summed E-state index contributed by atoms with van der Waals surface area (Å²) < 4.78 is 23.2. The number of nitrogens with two attached hydrogens (primary N) is 1. The Balaban J connectivity index is 4.11. The zero-order valence-corrected chi connectivity index (χ0v) is 10.8. The van der Waals surface area contributed by atoms with E-state index in [1.54, 1.807) is 5.48 Å². The Hall–Kier alpha value is -1.26. The van der Waals surface area contributed by atoms with Crippen LogP contribution in [0.2, 0.25) is 0 Å². The summed E-state index contributed by atoms with van der Waals surface area (Å²) in [6, 6.07) is 0. The number of thiocarbonyl (C=S) groups is 1. The molecule has 0 amide bonds. The summed E-state index contributed by atoms with van der Waals surface area (Å²) in [5.41, 5.74) is 6.53. The van der Waals surface area contributed by atoms with Crippen LogP contribution in [0.25, 0.3) is 0 Å². The molecule has 0 heterocycles. The van der Waals surface area contributed by atoms with Crippen molar-refractivity contribution >= 4 is 37.1 Å². The molecule has 0 spiro atoms. The number of phosphoric ester groups is 1. The summed E-state index contributed by atoms with van der Waals surface area (Å²) >= 11 is 4.26. The van der Waals surface area contributed by atoms with Crippen molar-refractivity contribution in [2.45, 2.75) is 13.0 Å². The maximum atomic E-state index is 11.0. The first kappa shape index (κ1) is 16.7. The average molecular weight is 302 g/mol. The molecule has 0 aromatic carbocycles. The molecule has 0 bridgehead atoms. The Labute approximate surface area is 107 Å². The number of rotatable bonds is 6. The monoisotopic (exact) mass is 302 g/mol. The zero-order valence-electron chi connectivity index (χ0n) is 9.06. The molecule has 0 radical (unpaired) electrons. The number of hydrogen-bond donors (Lipinski definition) is 4. The van der Waals surface area contributed by atoms with Gasteiger partial charge in [0.05, 0.1) is 0 Å². The van der Waals surface area contributed by atoms with Gasteiger partial charge in [-0.25, -0.2) is 19.6 Å². The lowest BCUT2D eigenvalue weighted by molar-refractivity contribution is -0.160. The number of hydrogen-bond acceptors (Lipinski definition) is 8. The molecule has 0 aliphatic carbocycles. The Morgan fingerprint density at radius 1 is 1.56 bits per heavy atom. The van der Waals surface area contributed by atoms with Crippen molar-refractivity contribution in [1.29, 1.82) is 0 Å². The van der Waals surface area contributed by atoms with Crippen LogP contribution in [0.5, 0.6) is 0 Å². The zero-order chi connectivity index (χ0) is 14.3. The maximum absolute atomic E-state index is 11.0. The van der Waals surface area contributed by atoms with Gasteiger partial charge in [0.25, 0.3) is 0 Å². The van der Waals surface area contributed by atoms with Crippen LogP contribution in [0.3, 0.4) is 0 Å². The van der Waals surface area contributed by atoms with Crippen LogP contribution in [-0.2, 0) is 28.0 Å². The van der Waals surface area contributed by atoms with Crippen LogP contribution in [0.4, 0.5) is 0 Å². The van der Waals surface area contributed by atoms with Crippen LogP contribution in [0.15, 0.2) is 0 Å². The summed E-state index contributed by atoms with van der Waals surface area (Å²) in [5.74, 6) is -2.46. The number of esters is 1. The number of carbonyl (C=O) groups is 2. The lowest BCUT2D eigenvalue weighted by Gasteiger charge is -2.11. The number of hydroxylamine groups is 1. The molecule has 0 fully saturated rings. The molecule has 2 atom stereocenters. The van der Waals surface area contributed by atoms with E-state index in [4.69, 9.17) is 15.7 Å². The molecule has 5 N–H and O–H groups in total. The predicted octanol–water partition coefficient (Wildman–Crippen LogP) is -1.68. The fourth-order valence-corrected chi connectivity index (χ4v) is 1.19. The first-order valence-corrected chi connectivity index (χ1v) is 6.18. The van der Waals surface area contributed by atoms with Crippen molar-refractivity contribution in [3.05, 3.63) is 0 Å². The molecule has 12 heteroatoms. The van der Waals surface area contributed by atoms with Crippen molar-refractivity contribution in [3.8, 4) is 0 Å². The largest absolute Gasteiger partial charge is 0.551 e. The van der Waals surface area contributed by atoms with Crippen LogP contribution in [-0.4, -0.2) is 39.8 Å². The lowest BCUT2D eigenvalue weighted by atomic mass is 10.4. The Kier molecular flexibility index (Phi) is 6.73. The number of carbonyl (C=O) groups excluding carboxylic acids is 2. The van der Waals surface area contributed by atoms with Gasteiger partial charge in [-0.15, -0.1) is 0 Å². The summed E-state index contributed by atoms with van der Waals surface area (Å²) in [7, 11) is -4.77. The van der Waals surface area contributed by atoms with Crippen LogP contribution >= 0.6 is 20.0 Å². The number of phosphoric acid groups is 1. The van der Waals surface area contributed by atoms with Crippen LogP contribution < -0.4 is 11.2 Å². The highest BCUT2D eigenvalue weighted by molar-refractivity contribution is 7.80. The average Bonchev–Trinajstić information content (AvgIpc) is 2.22. The minimum Gasteiger partial charge on any atom is -0.452 e. The fourth-order valence-electron chi connectivity index (χ4n) is 0.527. The van der Waals surface area contributed by atoms with Gasteiger partial charge >= 0.3 is 19.8 Å². The summed E-state index contributed by atoms with van der Waals surface area (Å²) in [5, 5.41) is 8.26. The second kappa shape index (κ2) is 7.24. The Bertz CT molecular complexity index is 386. The normalized spacial score (nSPS) is 15.1. The van der Waals surface area contributed by atoms with Gasteiger partial charge in [0.2, 0.25) is 0 Å². The fraction of sp³-hybridized carbons (Fsp3) is 0.500. The van der Waals surface area contributed by atoms with Crippen molar-refractivity contribution in [2.75, 3.05) is 6.61 Å². The standard InChI is InChI=1S/C6H11N2O8PS/c1-3(9)5(11)14-2-4(10)15-17(12,13)16-8-6(7)18/h3,9H,2H2,1H3,(H,12,13)(H3,7,8,18). The highest BCUT2D eigenvalue weighted by Crippen LogP contribution is 2.41. The molecule has 104 valence electrons. The van der Waals surface area contributed by atoms with Gasteiger partial charge in [-0.1, -0.05) is 0 Å². The molecule has 0 aliphatic heterocycles. The molecule has 10 nitrogen and oxygen atoms in total. The van der Waals surface area contributed by atoms with Crippen LogP contribution in [0, 0.1) is 0 Å². The molecule has 2 unspecified atom stereocenters. The molecular formula is C6H11N2O8PS. The topological polar surface area (TPSA) is 157 Å². The van der Waals surface area contributed by atoms with Crippen molar-refractivity contribution in [2.24, 2.45) is 5.73 Å². The Morgan fingerprint density at radius 2 is 2.11 bits per heavy atom. The van der Waals surface area contributed by atoms with E-state index in [9.17, 15) is 14.2 Å². The van der Waals surface area contributed by atoms with E-state index in [0.717, 1.165) is 6.92 Å². The second-order valence-electron chi connectivity index (χ2n) is 2.77. The second-order valence-corrected chi connectivity index (χ2v) is 4.52. The van der Waals surface area contributed by atoms with E-state index in [0.29, 0.717) is 0 Å². The third kappa shape index (κ3) is 7.92. The van der Waals surface area contributed by atoms with Gasteiger partial charge in [-0.2, -0.15) is 4.62 Å². The molecule has 0 aromatic rings. The van der Waals surface area contributed by atoms with Gasteiger partial charge < -0.3 is 20.1 Å². The van der Waals surface area contributed by atoms with Gasteiger partial charge in [0.1, 0.15) is 6.10 Å². The first-order chi connectivity index (χ1) is 8.14. The molecule has 0 aliphatic rings. The first-order valence-electron chi connectivity index (χ1n) is 4.28. The number of nitrogens with one attached hydrogen (secondary N) is 1. The van der Waals surface area contributed by atoms with Gasteiger partial charge in [0, 0.05) is 0 Å². The molecular weight excluding hydrogens is 291 g/mol. The maximum Gasteiger partial charge on any atom is 0.551 e. The Morgan fingerprint density at radius 3 is 2.56 bits per heavy atom. The van der Waals surface area contributed by atoms with Crippen molar-refractivity contribution in [3.63, 3.8) is 0 Å². The predicted molar refractivity (Wildman–Crippen MR) is 59.6 cm³/mol.